The standard InChI is InChI=1S/C20H21N3O2/c1-14-5-4-6-15(13-14)19(24)22-11-9-16(10-12-22)23-18-8-3-2-7-17(18)21-20(23)25/h2-8,13,16H,9-12H2,1H3,(H,21,25). The van der Waals surface area contributed by atoms with Crippen molar-refractivity contribution in [3.63, 3.8) is 0 Å². The van der Waals surface area contributed by atoms with Gasteiger partial charge in [-0.25, -0.2) is 4.79 Å². The quantitative estimate of drug-likeness (QED) is 0.782. The van der Waals surface area contributed by atoms with E-state index in [0.717, 1.165) is 35.0 Å². The number of imidazole rings is 1. The second-order valence-corrected chi connectivity index (χ2v) is 6.71. The summed E-state index contributed by atoms with van der Waals surface area (Å²) in [6.45, 7) is 3.33. The van der Waals surface area contributed by atoms with Gasteiger partial charge in [0.25, 0.3) is 5.91 Å². The highest BCUT2D eigenvalue weighted by molar-refractivity contribution is 5.94. The molecule has 0 spiro atoms. The number of nitrogens with one attached hydrogen (secondary N) is 1. The minimum absolute atomic E-state index is 0.0651. The first kappa shape index (κ1) is 15.7. The zero-order chi connectivity index (χ0) is 17.4. The zero-order valence-corrected chi connectivity index (χ0v) is 14.2. The number of aromatic nitrogens is 2. The molecule has 1 aromatic heterocycles. The lowest BCUT2D eigenvalue weighted by atomic mass is 10.0. The molecule has 5 heteroatoms. The number of carbonyl (C=O) groups is 1. The van der Waals surface area contributed by atoms with E-state index in [1.54, 1.807) is 0 Å². The van der Waals surface area contributed by atoms with Crippen LogP contribution < -0.4 is 5.69 Å². The van der Waals surface area contributed by atoms with Crippen molar-refractivity contribution >= 4 is 16.9 Å². The summed E-state index contributed by atoms with van der Waals surface area (Å²) >= 11 is 0. The maximum Gasteiger partial charge on any atom is 0.326 e. The number of carbonyl (C=O) groups excluding carboxylic acids is 1. The third-order valence-corrected chi connectivity index (χ3v) is 5.01. The second-order valence-electron chi connectivity index (χ2n) is 6.71. The molecule has 0 radical (unpaired) electrons. The van der Waals surface area contributed by atoms with Gasteiger partial charge in [0.05, 0.1) is 11.0 Å². The van der Waals surface area contributed by atoms with Gasteiger partial charge in [-0.1, -0.05) is 29.8 Å². The highest BCUT2D eigenvalue weighted by Gasteiger charge is 2.26. The van der Waals surface area contributed by atoms with E-state index in [4.69, 9.17) is 0 Å². The molecule has 0 aliphatic carbocycles. The normalized spacial score (nSPS) is 15.6. The van der Waals surface area contributed by atoms with Crippen molar-refractivity contribution in [2.24, 2.45) is 0 Å². The minimum Gasteiger partial charge on any atom is -0.338 e. The van der Waals surface area contributed by atoms with Crippen LogP contribution in [-0.2, 0) is 0 Å². The Labute approximate surface area is 145 Å². The Bertz CT molecular complexity index is 978. The first-order valence-electron chi connectivity index (χ1n) is 8.68. The van der Waals surface area contributed by atoms with Gasteiger partial charge in [0.1, 0.15) is 0 Å². The lowest BCUT2D eigenvalue weighted by Crippen LogP contribution is -2.40. The molecule has 1 N–H and O–H groups in total. The fourth-order valence-electron chi connectivity index (χ4n) is 3.72. The number of rotatable bonds is 2. The molecule has 1 saturated heterocycles. The van der Waals surface area contributed by atoms with E-state index in [0.29, 0.717) is 13.1 Å². The molecule has 2 heterocycles. The Morgan fingerprint density at radius 3 is 2.60 bits per heavy atom. The van der Waals surface area contributed by atoms with Gasteiger partial charge in [-0.15, -0.1) is 0 Å². The van der Waals surface area contributed by atoms with Gasteiger partial charge in [0.2, 0.25) is 0 Å². The Kier molecular flexibility index (Phi) is 3.92. The average molecular weight is 335 g/mol. The van der Waals surface area contributed by atoms with Gasteiger partial charge in [0, 0.05) is 24.7 Å². The number of hydrogen-bond donors (Lipinski definition) is 1. The van der Waals surface area contributed by atoms with Crippen molar-refractivity contribution in [1.29, 1.82) is 0 Å². The molecular formula is C20H21N3O2. The van der Waals surface area contributed by atoms with Crippen LogP contribution in [0.4, 0.5) is 0 Å². The van der Waals surface area contributed by atoms with E-state index >= 15 is 0 Å². The summed E-state index contributed by atoms with van der Waals surface area (Å²) < 4.78 is 1.85. The molecule has 0 bridgehead atoms. The van der Waals surface area contributed by atoms with Gasteiger partial charge in [-0.05, 0) is 44.0 Å². The number of piperidine rings is 1. The number of benzene rings is 2. The molecule has 4 rings (SSSR count). The number of likely N-dealkylation sites (tertiary alicyclic amines) is 1. The summed E-state index contributed by atoms with van der Waals surface area (Å²) in [5, 5.41) is 0. The molecule has 0 unspecified atom stereocenters. The molecule has 2 aromatic carbocycles. The maximum atomic E-state index is 12.7. The Morgan fingerprint density at radius 1 is 1.08 bits per heavy atom. The second kappa shape index (κ2) is 6.24. The lowest BCUT2D eigenvalue weighted by Gasteiger charge is -2.32. The first-order chi connectivity index (χ1) is 12.1. The molecule has 1 aliphatic rings. The number of aromatic amines is 1. The van der Waals surface area contributed by atoms with Gasteiger partial charge >= 0.3 is 5.69 Å². The molecule has 0 atom stereocenters. The van der Waals surface area contributed by atoms with Crippen LogP contribution in [0.1, 0.15) is 34.8 Å². The maximum absolute atomic E-state index is 12.7. The van der Waals surface area contributed by atoms with Crippen LogP contribution in [0.5, 0.6) is 0 Å². The number of fused-ring (bicyclic) bond motifs is 1. The van der Waals surface area contributed by atoms with Gasteiger partial charge in [0.15, 0.2) is 0 Å². The smallest absolute Gasteiger partial charge is 0.326 e. The minimum atomic E-state index is -0.0651. The highest BCUT2D eigenvalue weighted by atomic mass is 16.2. The topological polar surface area (TPSA) is 58.1 Å². The van der Waals surface area contributed by atoms with Crippen LogP contribution in [0, 0.1) is 6.92 Å². The zero-order valence-electron chi connectivity index (χ0n) is 14.2. The lowest BCUT2D eigenvalue weighted by molar-refractivity contribution is 0.0695. The number of amides is 1. The number of hydrogen-bond acceptors (Lipinski definition) is 2. The fourth-order valence-corrected chi connectivity index (χ4v) is 3.72. The number of nitrogens with zero attached hydrogens (tertiary/aromatic N) is 2. The predicted octanol–water partition coefficient (Wildman–Crippen LogP) is 3.12. The number of aryl methyl sites for hydroxylation is 1. The molecule has 0 saturated carbocycles. The highest BCUT2D eigenvalue weighted by Crippen LogP contribution is 2.25. The molecule has 5 nitrogen and oxygen atoms in total. The monoisotopic (exact) mass is 335 g/mol. The van der Waals surface area contributed by atoms with Gasteiger partial charge in [-0.2, -0.15) is 0 Å². The number of H-pyrrole nitrogens is 1. The molecule has 1 amide bonds. The van der Waals surface area contributed by atoms with Crippen LogP contribution in [-0.4, -0.2) is 33.4 Å². The Hall–Kier alpha value is -2.82. The Balaban J connectivity index is 1.52. The van der Waals surface area contributed by atoms with Crippen LogP contribution in [0.15, 0.2) is 53.3 Å². The summed E-state index contributed by atoms with van der Waals surface area (Å²) in [4.78, 5) is 29.8. The van der Waals surface area contributed by atoms with Crippen LogP contribution in [0.25, 0.3) is 11.0 Å². The predicted molar refractivity (Wildman–Crippen MR) is 97.9 cm³/mol. The Morgan fingerprint density at radius 2 is 1.84 bits per heavy atom. The molecule has 128 valence electrons. The van der Waals surface area contributed by atoms with Crippen LogP contribution in [0.2, 0.25) is 0 Å². The van der Waals surface area contributed by atoms with E-state index < -0.39 is 0 Å². The molecule has 1 fully saturated rings. The summed E-state index contributed by atoms with van der Waals surface area (Å²) in [7, 11) is 0. The van der Waals surface area contributed by atoms with Crippen LogP contribution >= 0.6 is 0 Å². The van der Waals surface area contributed by atoms with Crippen molar-refractivity contribution in [1.82, 2.24) is 14.5 Å². The van der Waals surface area contributed by atoms with Crippen molar-refractivity contribution in [2.45, 2.75) is 25.8 Å². The number of para-hydroxylation sites is 2. The average Bonchev–Trinajstić information content (AvgIpc) is 2.97. The molecular weight excluding hydrogens is 314 g/mol. The molecule has 3 aromatic rings. The SMILES string of the molecule is Cc1cccc(C(=O)N2CCC(n3c(=O)[nH]c4ccccc43)CC2)c1. The van der Waals surface area contributed by atoms with Crippen LogP contribution in [0.3, 0.4) is 0 Å². The van der Waals surface area contributed by atoms with Crippen molar-refractivity contribution in [3.8, 4) is 0 Å². The van der Waals surface area contributed by atoms with E-state index in [9.17, 15) is 9.59 Å². The summed E-state index contributed by atoms with van der Waals surface area (Å²) in [5.74, 6) is 0.0772. The van der Waals surface area contributed by atoms with Gasteiger partial charge < -0.3 is 9.88 Å². The van der Waals surface area contributed by atoms with Crippen molar-refractivity contribution < 1.29 is 4.79 Å². The third-order valence-electron chi connectivity index (χ3n) is 5.01. The summed E-state index contributed by atoms with van der Waals surface area (Å²) in [5.41, 5.74) is 3.57. The fraction of sp³-hybridized carbons (Fsp3) is 0.300. The first-order valence-corrected chi connectivity index (χ1v) is 8.68. The molecule has 25 heavy (non-hydrogen) atoms. The summed E-state index contributed by atoms with van der Waals surface area (Å²) in [6, 6.07) is 15.6. The van der Waals surface area contributed by atoms with E-state index in [2.05, 4.69) is 4.98 Å². The third kappa shape index (κ3) is 2.86. The van der Waals surface area contributed by atoms with Crippen molar-refractivity contribution in [2.75, 3.05) is 13.1 Å². The van der Waals surface area contributed by atoms with Crippen molar-refractivity contribution in [3.05, 3.63) is 70.1 Å². The van der Waals surface area contributed by atoms with Gasteiger partial charge in [-0.3, -0.25) is 9.36 Å². The van der Waals surface area contributed by atoms with E-state index in [1.165, 1.54) is 0 Å². The molecule has 1 aliphatic heterocycles. The summed E-state index contributed by atoms with van der Waals surface area (Å²) in [6.07, 6.45) is 1.58. The largest absolute Gasteiger partial charge is 0.338 e. The van der Waals surface area contributed by atoms with E-state index in [1.807, 2.05) is 64.9 Å². The van der Waals surface area contributed by atoms with E-state index in [-0.39, 0.29) is 17.6 Å².